The minimum Gasteiger partial charge on any atom is -0.374 e. The zero-order valence-corrected chi connectivity index (χ0v) is 31.3. The molecule has 3 aliphatic heterocycles. The second kappa shape index (κ2) is 17.4. The first-order valence-corrected chi connectivity index (χ1v) is 19.7. The number of aromatic nitrogens is 3. The number of piperidine rings is 2. The molecule has 0 bridgehead atoms. The molecule has 3 fully saturated rings. The van der Waals surface area contributed by atoms with E-state index in [1.54, 1.807) is 36.5 Å². The van der Waals surface area contributed by atoms with Gasteiger partial charge in [-0.15, -0.1) is 0 Å². The average molecular weight is 777 g/mol. The van der Waals surface area contributed by atoms with E-state index < -0.39 is 29.5 Å². The van der Waals surface area contributed by atoms with E-state index in [9.17, 15) is 23.2 Å². The Kier molecular flexibility index (Phi) is 12.2. The molecule has 3 N–H and O–H groups in total. The monoisotopic (exact) mass is 776 g/mol. The summed E-state index contributed by atoms with van der Waals surface area (Å²) in [4.78, 5) is 45.1. The van der Waals surface area contributed by atoms with Crippen LogP contribution in [0, 0.1) is 11.6 Å². The fourth-order valence-corrected chi connectivity index (χ4v) is 8.23. The molecule has 5 heterocycles. The molecule has 3 aliphatic rings. The van der Waals surface area contributed by atoms with Crippen LogP contribution in [-0.2, 0) is 9.59 Å². The number of hydrogen-bond donors (Lipinski definition) is 3. The summed E-state index contributed by atoms with van der Waals surface area (Å²) in [5.41, 5.74) is 2.26. The third-order valence-corrected chi connectivity index (χ3v) is 11.2. The normalized spacial score (nSPS) is 21.4. The number of rotatable bonds is 15. The van der Waals surface area contributed by atoms with Crippen molar-refractivity contribution in [2.24, 2.45) is 0 Å². The lowest BCUT2D eigenvalue weighted by Crippen LogP contribution is -2.47. The predicted molar refractivity (Wildman–Crippen MR) is 204 cm³/mol. The third-order valence-electron chi connectivity index (χ3n) is 11.2. The molecule has 2 unspecified atom stereocenters. The number of nitrogens with zero attached hydrogens (tertiary/aromatic N) is 5. The number of carbonyl (C=O) groups excluding carboxylic acids is 3. The lowest BCUT2D eigenvalue weighted by molar-refractivity contribution is -0.133. The van der Waals surface area contributed by atoms with Crippen LogP contribution in [-0.4, -0.2) is 81.9 Å². The number of imide groups is 1. The van der Waals surface area contributed by atoms with Crippen molar-refractivity contribution >= 4 is 34.9 Å². The van der Waals surface area contributed by atoms with Gasteiger partial charge in [0.25, 0.3) is 11.8 Å². The first kappa shape index (κ1) is 39.2. The zero-order chi connectivity index (χ0) is 39.2. The number of carbonyl (C=O) groups is 3. The maximum absolute atomic E-state index is 15.3. The predicted octanol–water partition coefficient (Wildman–Crippen LogP) is 6.76. The highest BCUT2D eigenvalue weighted by atomic mass is 19.3. The lowest BCUT2D eigenvalue weighted by atomic mass is 9.86. The molecule has 2 aromatic heterocycles. The van der Waals surface area contributed by atoms with Crippen molar-refractivity contribution in [1.29, 1.82) is 0 Å². The Balaban J connectivity index is 0.791. The molecular formula is C41H48F4N8O3. The van der Waals surface area contributed by atoms with Crippen LogP contribution in [0.15, 0.2) is 60.9 Å². The summed E-state index contributed by atoms with van der Waals surface area (Å²) in [6.07, 6.45) is 11.1. The Hall–Kier alpha value is -5.05. The first-order chi connectivity index (χ1) is 27.1. The van der Waals surface area contributed by atoms with Crippen LogP contribution in [0.4, 0.5) is 29.1 Å². The van der Waals surface area contributed by atoms with Gasteiger partial charge in [0.1, 0.15) is 29.1 Å². The molecule has 56 heavy (non-hydrogen) atoms. The quantitative estimate of drug-likeness (QED) is 0.0688. The smallest absolute Gasteiger partial charge is 0.267 e. The number of hydrogen-bond acceptors (Lipinski definition) is 8. The average Bonchev–Trinajstić information content (AvgIpc) is 3.84. The van der Waals surface area contributed by atoms with Gasteiger partial charge < -0.3 is 15.5 Å². The van der Waals surface area contributed by atoms with Gasteiger partial charge in [-0.05, 0) is 93.6 Å². The first-order valence-electron chi connectivity index (χ1n) is 19.7. The molecule has 0 saturated carbocycles. The van der Waals surface area contributed by atoms with E-state index in [2.05, 4.69) is 21.0 Å². The molecule has 15 heteroatoms. The van der Waals surface area contributed by atoms with Crippen LogP contribution < -0.4 is 20.9 Å². The van der Waals surface area contributed by atoms with Crippen molar-refractivity contribution < 1.29 is 31.9 Å². The molecule has 3 saturated heterocycles. The highest BCUT2D eigenvalue weighted by Gasteiger charge is 2.45. The molecule has 298 valence electrons. The van der Waals surface area contributed by atoms with Gasteiger partial charge in [0.2, 0.25) is 11.8 Å². The van der Waals surface area contributed by atoms with Crippen LogP contribution in [0.3, 0.4) is 0 Å². The van der Waals surface area contributed by atoms with Crippen LogP contribution in [0.2, 0.25) is 0 Å². The summed E-state index contributed by atoms with van der Waals surface area (Å²) in [5, 5.41) is 12.6. The van der Waals surface area contributed by atoms with Crippen molar-refractivity contribution in [3.63, 3.8) is 0 Å². The number of unbranched alkanes of at least 4 members (excludes halogenated alkanes) is 5. The molecule has 2 aromatic carbocycles. The molecule has 3 amide bonds. The van der Waals surface area contributed by atoms with E-state index in [0.29, 0.717) is 79.3 Å². The minimum absolute atomic E-state index is 0.260. The van der Waals surface area contributed by atoms with Crippen molar-refractivity contribution in [3.05, 3.63) is 89.2 Å². The van der Waals surface area contributed by atoms with Crippen LogP contribution in [0.1, 0.15) is 104 Å². The molecule has 7 rings (SSSR count). The molecule has 11 nitrogen and oxygen atoms in total. The summed E-state index contributed by atoms with van der Waals surface area (Å²) in [6.45, 7) is 2.08. The van der Waals surface area contributed by atoms with Gasteiger partial charge in [0.05, 0.1) is 24.7 Å². The van der Waals surface area contributed by atoms with E-state index in [4.69, 9.17) is 4.98 Å². The van der Waals surface area contributed by atoms with Gasteiger partial charge >= 0.3 is 0 Å². The molecule has 0 aliphatic carbocycles. The molecule has 0 spiro atoms. The van der Waals surface area contributed by atoms with Gasteiger partial charge in [0, 0.05) is 37.0 Å². The summed E-state index contributed by atoms with van der Waals surface area (Å²) in [6, 6.07) is 11.2. The fraction of sp³-hybridized carbons (Fsp3) is 0.488. The maximum Gasteiger partial charge on any atom is 0.267 e. The van der Waals surface area contributed by atoms with Crippen LogP contribution >= 0.6 is 0 Å². The van der Waals surface area contributed by atoms with E-state index in [1.807, 2.05) is 9.80 Å². The van der Waals surface area contributed by atoms with Crippen molar-refractivity contribution in [2.75, 3.05) is 42.9 Å². The number of benzene rings is 2. The molecular weight excluding hydrogens is 728 g/mol. The Bertz CT molecular complexity index is 2030. The number of anilines is 2. The Morgan fingerprint density at radius 2 is 1.71 bits per heavy atom. The van der Waals surface area contributed by atoms with Crippen molar-refractivity contribution in [3.8, 4) is 0 Å². The van der Waals surface area contributed by atoms with Gasteiger partial charge in [-0.25, -0.2) is 27.1 Å². The van der Waals surface area contributed by atoms with Crippen LogP contribution in [0.25, 0.3) is 5.65 Å². The highest BCUT2D eigenvalue weighted by molar-refractivity contribution is 6.01. The summed E-state index contributed by atoms with van der Waals surface area (Å²) in [7, 11) is 0. The van der Waals surface area contributed by atoms with Crippen molar-refractivity contribution in [2.45, 2.75) is 94.6 Å². The second-order valence-corrected chi connectivity index (χ2v) is 15.2. The van der Waals surface area contributed by atoms with E-state index in [1.165, 1.54) is 16.8 Å². The Morgan fingerprint density at radius 3 is 2.50 bits per heavy atom. The van der Waals surface area contributed by atoms with Crippen LogP contribution in [0.5, 0.6) is 0 Å². The Labute approximate surface area is 323 Å². The molecule has 0 radical (unpaired) electrons. The maximum atomic E-state index is 15.3. The summed E-state index contributed by atoms with van der Waals surface area (Å²) in [5.74, 6) is -5.05. The number of likely N-dealkylation sites (tertiary alicyclic amines) is 1. The van der Waals surface area contributed by atoms with Gasteiger partial charge in [-0.2, -0.15) is 5.10 Å². The molecule has 3 atom stereocenters. The lowest BCUT2D eigenvalue weighted by Gasteiger charge is -2.38. The van der Waals surface area contributed by atoms with E-state index in [0.717, 1.165) is 57.1 Å². The summed E-state index contributed by atoms with van der Waals surface area (Å²) >= 11 is 0. The van der Waals surface area contributed by atoms with Gasteiger partial charge in [-0.1, -0.05) is 37.8 Å². The van der Waals surface area contributed by atoms with Gasteiger partial charge in [0.15, 0.2) is 5.65 Å². The number of fused-ring (bicyclic) bond motifs is 1. The zero-order valence-electron chi connectivity index (χ0n) is 31.3. The van der Waals surface area contributed by atoms with E-state index in [-0.39, 0.29) is 36.7 Å². The van der Waals surface area contributed by atoms with E-state index >= 15 is 8.78 Å². The van der Waals surface area contributed by atoms with Gasteiger partial charge in [-0.3, -0.25) is 24.6 Å². The fourth-order valence-electron chi connectivity index (χ4n) is 8.23. The second-order valence-electron chi connectivity index (χ2n) is 15.2. The van der Waals surface area contributed by atoms with Crippen molar-refractivity contribution in [1.82, 2.24) is 30.1 Å². The number of amides is 3. The number of nitrogens with one attached hydrogen (secondary N) is 3. The Morgan fingerprint density at radius 1 is 0.929 bits per heavy atom. The largest absolute Gasteiger partial charge is 0.374 e. The number of halogens is 4. The topological polar surface area (TPSA) is 124 Å². The number of alkyl halides is 2. The third kappa shape index (κ3) is 9.14. The molecule has 4 aromatic rings. The highest BCUT2D eigenvalue weighted by Crippen LogP contribution is 2.41. The standard InChI is InChI=1S/C41H48F4N8O3/c42-28-11-14-33(43)30(24-28)35-8-7-21-52(35)36-18-23-53-38(49-36)31(25-47-53)39(55)46-19-5-3-1-2-4-6-20-51-22-17-32(41(44,45)26-51)27-9-12-29(13-10-27)48-34-15-16-37(54)50-40(34)56/h9-14,18,23-25,32,34-35,48H,1-8,15-17,19-22,26H2,(H,46,55)(H,50,54,56)/t32?,34?,35-/m1/s1. The minimum atomic E-state index is -2.86. The SMILES string of the molecule is O=C1CCC(Nc2ccc(C3CCN(CCCCCCCCNC(=O)c4cnn5ccc(N6CCC[C@@H]6c6cc(F)ccc6F)nc45)CC3(F)F)cc2)C(=O)N1. The summed E-state index contributed by atoms with van der Waals surface area (Å²) < 4.78 is 60.7.